The van der Waals surface area contributed by atoms with E-state index in [0.717, 1.165) is 6.42 Å². The third-order valence-electron chi connectivity index (χ3n) is 2.52. The Morgan fingerprint density at radius 3 is 2.56 bits per heavy atom. The number of rotatable bonds is 4. The number of hydrogen-bond acceptors (Lipinski definition) is 3. The number of pyridine rings is 1. The Bertz CT molecular complexity index is 399. The minimum Gasteiger partial charge on any atom is -0.478 e. The van der Waals surface area contributed by atoms with Crippen LogP contribution in [0, 0.1) is 6.92 Å². The summed E-state index contributed by atoms with van der Waals surface area (Å²) in [6, 6.07) is 3.11. The molecule has 0 aliphatic rings. The first-order valence-corrected chi connectivity index (χ1v) is 5.25. The Balaban J connectivity index is 2.94. The third kappa shape index (κ3) is 2.95. The van der Waals surface area contributed by atoms with Gasteiger partial charge in [0.2, 0.25) is 5.88 Å². The highest BCUT2D eigenvalue weighted by Crippen LogP contribution is 2.20. The van der Waals surface area contributed by atoms with Crippen LogP contribution in [0.1, 0.15) is 43.2 Å². The molecular formula is C12H17NO3. The van der Waals surface area contributed by atoms with Gasteiger partial charge < -0.3 is 9.84 Å². The van der Waals surface area contributed by atoms with Gasteiger partial charge in [0, 0.05) is 6.07 Å². The quantitative estimate of drug-likeness (QED) is 0.852. The Hall–Kier alpha value is -1.58. The summed E-state index contributed by atoms with van der Waals surface area (Å²) in [5.41, 5.74) is 0.392. The van der Waals surface area contributed by atoms with Gasteiger partial charge in [-0.2, -0.15) is 0 Å². The van der Waals surface area contributed by atoms with E-state index in [1.807, 2.05) is 20.8 Å². The molecule has 0 atom stereocenters. The van der Waals surface area contributed by atoms with Gasteiger partial charge in [-0.15, -0.1) is 0 Å². The van der Waals surface area contributed by atoms with Crippen molar-refractivity contribution in [2.45, 2.75) is 39.7 Å². The molecule has 1 aromatic rings. The van der Waals surface area contributed by atoms with Crippen molar-refractivity contribution in [3.05, 3.63) is 23.4 Å². The van der Waals surface area contributed by atoms with E-state index >= 15 is 0 Å². The standard InChI is InChI=1S/C12H17NO3/c1-5-12(3,4)16-10-7-6-9(11(14)15)8(2)13-10/h6-7H,5H2,1-4H3,(H,14,15). The predicted octanol–water partition coefficient (Wildman–Crippen LogP) is 2.66. The van der Waals surface area contributed by atoms with Crippen LogP contribution in [0.4, 0.5) is 0 Å². The minimum atomic E-state index is -0.966. The first-order valence-electron chi connectivity index (χ1n) is 5.25. The van der Waals surface area contributed by atoms with Crippen molar-refractivity contribution >= 4 is 5.97 Å². The van der Waals surface area contributed by atoms with E-state index in [1.165, 1.54) is 6.07 Å². The van der Waals surface area contributed by atoms with E-state index in [4.69, 9.17) is 9.84 Å². The molecule has 0 amide bonds. The van der Waals surface area contributed by atoms with Gasteiger partial charge in [0.15, 0.2) is 0 Å². The molecule has 0 aliphatic carbocycles. The summed E-state index contributed by atoms with van der Waals surface area (Å²) in [7, 11) is 0. The summed E-state index contributed by atoms with van der Waals surface area (Å²) in [5.74, 6) is -0.499. The van der Waals surface area contributed by atoms with Gasteiger partial charge in [-0.25, -0.2) is 9.78 Å². The zero-order valence-electron chi connectivity index (χ0n) is 10.1. The molecule has 0 radical (unpaired) electrons. The second-order valence-electron chi connectivity index (χ2n) is 4.30. The minimum absolute atomic E-state index is 0.210. The highest BCUT2D eigenvalue weighted by Gasteiger charge is 2.18. The summed E-state index contributed by atoms with van der Waals surface area (Å²) in [4.78, 5) is 14.9. The van der Waals surface area contributed by atoms with E-state index in [-0.39, 0.29) is 11.2 Å². The zero-order chi connectivity index (χ0) is 12.3. The van der Waals surface area contributed by atoms with E-state index < -0.39 is 5.97 Å². The topological polar surface area (TPSA) is 59.4 Å². The third-order valence-corrected chi connectivity index (χ3v) is 2.52. The maximum atomic E-state index is 10.8. The number of aryl methyl sites for hydroxylation is 1. The SMILES string of the molecule is CCC(C)(C)Oc1ccc(C(=O)O)c(C)n1. The molecular weight excluding hydrogens is 206 g/mol. The van der Waals surface area contributed by atoms with Gasteiger partial charge >= 0.3 is 5.97 Å². The molecule has 0 bridgehead atoms. The number of hydrogen-bond donors (Lipinski definition) is 1. The summed E-state index contributed by atoms with van der Waals surface area (Å²) in [6.07, 6.45) is 0.856. The molecule has 1 heterocycles. The van der Waals surface area contributed by atoms with Gasteiger partial charge in [0.05, 0.1) is 11.3 Å². The number of carboxylic acids is 1. The monoisotopic (exact) mass is 223 g/mol. The number of aromatic carboxylic acids is 1. The first-order chi connectivity index (χ1) is 7.35. The average Bonchev–Trinajstić information content (AvgIpc) is 2.16. The lowest BCUT2D eigenvalue weighted by atomic mass is 10.1. The molecule has 0 saturated heterocycles. The zero-order valence-corrected chi connectivity index (χ0v) is 10.1. The second-order valence-corrected chi connectivity index (χ2v) is 4.30. The van der Waals surface area contributed by atoms with Gasteiger partial charge in [-0.05, 0) is 33.3 Å². The molecule has 0 spiro atoms. The van der Waals surface area contributed by atoms with Crippen LogP contribution in [0.2, 0.25) is 0 Å². The van der Waals surface area contributed by atoms with Crippen LogP contribution in [0.25, 0.3) is 0 Å². The molecule has 4 heteroatoms. The number of ether oxygens (including phenoxy) is 1. The number of nitrogens with zero attached hydrogens (tertiary/aromatic N) is 1. The van der Waals surface area contributed by atoms with Gasteiger partial charge in [-0.3, -0.25) is 0 Å². The Morgan fingerprint density at radius 2 is 2.12 bits per heavy atom. The van der Waals surface area contributed by atoms with E-state index in [2.05, 4.69) is 4.98 Å². The Kier molecular flexibility index (Phi) is 3.52. The fourth-order valence-electron chi connectivity index (χ4n) is 1.18. The van der Waals surface area contributed by atoms with Gasteiger partial charge in [0.25, 0.3) is 0 Å². The van der Waals surface area contributed by atoms with Crippen LogP contribution in [-0.4, -0.2) is 21.7 Å². The normalized spacial score (nSPS) is 11.2. The average molecular weight is 223 g/mol. The number of carboxylic acid groups (broad SMARTS) is 1. The lowest BCUT2D eigenvalue weighted by molar-refractivity contribution is 0.0695. The molecule has 1 rings (SSSR count). The molecule has 16 heavy (non-hydrogen) atoms. The van der Waals surface area contributed by atoms with Crippen LogP contribution in [0.5, 0.6) is 5.88 Å². The second kappa shape index (κ2) is 4.51. The highest BCUT2D eigenvalue weighted by molar-refractivity contribution is 5.88. The van der Waals surface area contributed by atoms with Crippen LogP contribution in [0.3, 0.4) is 0 Å². The van der Waals surface area contributed by atoms with Crippen molar-refractivity contribution in [1.82, 2.24) is 4.98 Å². The molecule has 0 fully saturated rings. The van der Waals surface area contributed by atoms with E-state index in [1.54, 1.807) is 13.0 Å². The van der Waals surface area contributed by atoms with Crippen LogP contribution >= 0.6 is 0 Å². The highest BCUT2D eigenvalue weighted by atomic mass is 16.5. The van der Waals surface area contributed by atoms with Crippen molar-refractivity contribution in [3.63, 3.8) is 0 Å². The molecule has 0 aromatic carbocycles. The molecule has 0 saturated carbocycles. The first kappa shape index (κ1) is 12.5. The summed E-state index contributed by atoms with van der Waals surface area (Å²) in [6.45, 7) is 7.62. The Labute approximate surface area is 95.3 Å². The van der Waals surface area contributed by atoms with Crippen molar-refractivity contribution in [1.29, 1.82) is 0 Å². The fourth-order valence-corrected chi connectivity index (χ4v) is 1.18. The van der Waals surface area contributed by atoms with Crippen LogP contribution in [-0.2, 0) is 0 Å². The van der Waals surface area contributed by atoms with Crippen LogP contribution < -0.4 is 4.74 Å². The molecule has 4 nitrogen and oxygen atoms in total. The summed E-state index contributed by atoms with van der Waals surface area (Å²) < 4.78 is 5.66. The van der Waals surface area contributed by atoms with Crippen molar-refractivity contribution in [2.24, 2.45) is 0 Å². The number of carbonyl (C=O) groups is 1. The number of aromatic nitrogens is 1. The predicted molar refractivity (Wildman–Crippen MR) is 60.9 cm³/mol. The Morgan fingerprint density at radius 1 is 1.50 bits per heavy atom. The maximum absolute atomic E-state index is 10.8. The van der Waals surface area contributed by atoms with Crippen LogP contribution in [0.15, 0.2) is 12.1 Å². The van der Waals surface area contributed by atoms with Crippen molar-refractivity contribution in [3.8, 4) is 5.88 Å². The molecule has 0 unspecified atom stereocenters. The molecule has 1 aromatic heterocycles. The molecule has 0 aliphatic heterocycles. The molecule has 1 N–H and O–H groups in total. The fraction of sp³-hybridized carbons (Fsp3) is 0.500. The van der Waals surface area contributed by atoms with Gasteiger partial charge in [-0.1, -0.05) is 6.92 Å². The van der Waals surface area contributed by atoms with Gasteiger partial charge in [0.1, 0.15) is 5.60 Å². The smallest absolute Gasteiger partial charge is 0.337 e. The lowest BCUT2D eigenvalue weighted by Gasteiger charge is -2.24. The molecule has 88 valence electrons. The van der Waals surface area contributed by atoms with Crippen molar-refractivity contribution in [2.75, 3.05) is 0 Å². The summed E-state index contributed by atoms with van der Waals surface area (Å²) >= 11 is 0. The van der Waals surface area contributed by atoms with Crippen molar-refractivity contribution < 1.29 is 14.6 Å². The largest absolute Gasteiger partial charge is 0.478 e. The van der Waals surface area contributed by atoms with E-state index in [9.17, 15) is 4.79 Å². The summed E-state index contributed by atoms with van der Waals surface area (Å²) in [5, 5.41) is 8.85. The lowest BCUT2D eigenvalue weighted by Crippen LogP contribution is -2.27. The maximum Gasteiger partial charge on any atom is 0.337 e. The van der Waals surface area contributed by atoms with E-state index in [0.29, 0.717) is 11.6 Å².